The number of pyridine rings is 1. The minimum atomic E-state index is -0.237. The van der Waals surface area contributed by atoms with Gasteiger partial charge < -0.3 is 15.5 Å². The van der Waals surface area contributed by atoms with Crippen molar-refractivity contribution in [2.75, 3.05) is 5.32 Å². The predicted molar refractivity (Wildman–Crippen MR) is 104 cm³/mol. The van der Waals surface area contributed by atoms with E-state index in [4.69, 9.17) is 5.73 Å². The number of primary amides is 1. The monoisotopic (exact) mass is 376 g/mol. The lowest BCUT2D eigenvalue weighted by molar-refractivity contribution is -0.121. The van der Waals surface area contributed by atoms with Gasteiger partial charge in [0.25, 0.3) is 0 Å². The number of carbonyl (C=O) groups excluding carboxylic acids is 1. The van der Waals surface area contributed by atoms with Crippen molar-refractivity contribution in [3.8, 4) is 5.69 Å². The number of anilines is 1. The number of rotatable bonds is 4. The number of nitrogens with two attached hydrogens (primary N) is 1. The highest BCUT2D eigenvalue weighted by molar-refractivity contribution is 5.77. The van der Waals surface area contributed by atoms with Crippen molar-refractivity contribution >= 4 is 28.5 Å². The highest BCUT2D eigenvalue weighted by Gasteiger charge is 2.28. The van der Waals surface area contributed by atoms with Crippen LogP contribution in [0.5, 0.6) is 0 Å². The molecule has 3 N–H and O–H groups in total. The van der Waals surface area contributed by atoms with Crippen molar-refractivity contribution < 1.29 is 4.79 Å². The van der Waals surface area contributed by atoms with Crippen LogP contribution in [0.25, 0.3) is 22.4 Å². The first-order valence-corrected chi connectivity index (χ1v) is 9.30. The van der Waals surface area contributed by atoms with Crippen LogP contribution in [0, 0.1) is 12.8 Å². The summed E-state index contributed by atoms with van der Waals surface area (Å²) in [6, 6.07) is 6.29. The van der Waals surface area contributed by atoms with E-state index < -0.39 is 0 Å². The van der Waals surface area contributed by atoms with E-state index in [1.54, 1.807) is 10.9 Å². The molecule has 1 aliphatic carbocycles. The number of hydrogen-bond donors (Lipinski definition) is 2. The van der Waals surface area contributed by atoms with Gasteiger partial charge in [0, 0.05) is 29.9 Å². The number of carbonyl (C=O) groups is 1. The van der Waals surface area contributed by atoms with Crippen molar-refractivity contribution in [2.24, 2.45) is 11.7 Å². The van der Waals surface area contributed by atoms with E-state index in [0.717, 1.165) is 24.0 Å². The summed E-state index contributed by atoms with van der Waals surface area (Å²) >= 11 is 0. The summed E-state index contributed by atoms with van der Waals surface area (Å²) in [4.78, 5) is 20.3. The van der Waals surface area contributed by atoms with E-state index in [9.17, 15) is 4.79 Å². The zero-order valence-corrected chi connectivity index (χ0v) is 15.4. The molecule has 2 atom stereocenters. The smallest absolute Gasteiger partial charge is 0.225 e. The Balaban J connectivity index is 1.47. The lowest BCUT2D eigenvalue weighted by Gasteiger charge is -2.12. The number of aryl methyl sites for hydroxylation is 1. The van der Waals surface area contributed by atoms with Gasteiger partial charge in [0.1, 0.15) is 0 Å². The maximum Gasteiger partial charge on any atom is 0.225 e. The summed E-state index contributed by atoms with van der Waals surface area (Å²) in [5.74, 6) is 0.188. The second-order valence-electron chi connectivity index (χ2n) is 7.39. The molecule has 28 heavy (non-hydrogen) atoms. The van der Waals surface area contributed by atoms with Gasteiger partial charge in [-0.3, -0.25) is 4.79 Å². The lowest BCUT2D eigenvalue weighted by atomic mass is 10.1. The molecule has 1 amide bonds. The number of amides is 1. The van der Waals surface area contributed by atoms with Gasteiger partial charge in [-0.1, -0.05) is 5.21 Å². The summed E-state index contributed by atoms with van der Waals surface area (Å²) in [6.07, 6.45) is 8.10. The van der Waals surface area contributed by atoms with Gasteiger partial charge in [-0.2, -0.15) is 9.67 Å². The SMILES string of the molecule is Cc1cc2ccc(-n3nnc4cnc(N[C@@H]5CC[C@@H](C(N)=O)C5)nc43)cn2c1. The Morgan fingerprint density at radius 1 is 1.29 bits per heavy atom. The molecule has 0 aromatic carbocycles. The van der Waals surface area contributed by atoms with Crippen molar-refractivity contribution in [2.45, 2.75) is 32.2 Å². The van der Waals surface area contributed by atoms with Crippen LogP contribution < -0.4 is 11.1 Å². The van der Waals surface area contributed by atoms with E-state index in [-0.39, 0.29) is 17.9 Å². The Hall–Kier alpha value is -3.49. The maximum absolute atomic E-state index is 11.4. The fourth-order valence-electron chi connectivity index (χ4n) is 3.89. The molecule has 0 radical (unpaired) electrons. The molecule has 1 aliphatic rings. The summed E-state index contributed by atoms with van der Waals surface area (Å²) in [7, 11) is 0. The molecule has 4 heterocycles. The molecule has 1 fully saturated rings. The normalized spacial score (nSPS) is 19.5. The fourth-order valence-corrected chi connectivity index (χ4v) is 3.89. The Morgan fingerprint density at radius 2 is 2.18 bits per heavy atom. The third kappa shape index (κ3) is 2.84. The predicted octanol–water partition coefficient (Wildman–Crippen LogP) is 1.84. The number of nitrogens with zero attached hydrogens (tertiary/aromatic N) is 6. The van der Waals surface area contributed by atoms with Crippen molar-refractivity contribution in [1.29, 1.82) is 0 Å². The third-order valence-electron chi connectivity index (χ3n) is 5.32. The van der Waals surface area contributed by atoms with Crippen molar-refractivity contribution in [3.05, 3.63) is 42.4 Å². The Kier molecular flexibility index (Phi) is 3.75. The summed E-state index contributed by atoms with van der Waals surface area (Å²) < 4.78 is 3.76. The summed E-state index contributed by atoms with van der Waals surface area (Å²) in [5, 5.41) is 11.7. The zero-order chi connectivity index (χ0) is 19.3. The van der Waals surface area contributed by atoms with Gasteiger partial charge in [0.05, 0.1) is 11.9 Å². The number of hydrogen-bond acceptors (Lipinski definition) is 6. The summed E-state index contributed by atoms with van der Waals surface area (Å²) in [5.41, 5.74) is 9.85. The van der Waals surface area contributed by atoms with E-state index in [1.807, 2.05) is 18.3 Å². The summed E-state index contributed by atoms with van der Waals surface area (Å²) in [6.45, 7) is 2.06. The quantitative estimate of drug-likeness (QED) is 0.561. The highest BCUT2D eigenvalue weighted by atomic mass is 16.1. The Labute approximate surface area is 160 Å². The molecule has 0 bridgehead atoms. The van der Waals surface area contributed by atoms with Gasteiger partial charge in [-0.05, 0) is 49.9 Å². The third-order valence-corrected chi connectivity index (χ3v) is 5.32. The lowest BCUT2D eigenvalue weighted by Crippen LogP contribution is -2.23. The van der Waals surface area contributed by atoms with E-state index >= 15 is 0 Å². The van der Waals surface area contributed by atoms with Crippen LogP contribution in [0.15, 0.2) is 36.8 Å². The van der Waals surface area contributed by atoms with E-state index in [1.165, 1.54) is 5.56 Å². The average Bonchev–Trinajstić information content (AvgIpc) is 3.38. The standard InChI is InChI=1S/C19H20N8O/c1-11-6-14-4-5-15(10-26(14)9-11)27-18-16(24-25-27)8-21-19(23-18)22-13-3-2-12(7-13)17(20)28/h4-6,8-10,12-13H,2-3,7H2,1H3,(H2,20,28)(H,21,22,23)/t12-,13-/m1/s1. The molecule has 9 heteroatoms. The molecule has 0 saturated heterocycles. The van der Waals surface area contributed by atoms with Gasteiger partial charge in [-0.25, -0.2) is 4.98 Å². The van der Waals surface area contributed by atoms with Crippen LogP contribution in [-0.4, -0.2) is 41.3 Å². The molecular formula is C19H20N8O. The first kappa shape index (κ1) is 16.7. The van der Waals surface area contributed by atoms with Gasteiger partial charge in [0.2, 0.25) is 11.9 Å². The highest BCUT2D eigenvalue weighted by Crippen LogP contribution is 2.27. The van der Waals surface area contributed by atoms with Crippen LogP contribution >= 0.6 is 0 Å². The van der Waals surface area contributed by atoms with Crippen LogP contribution in [-0.2, 0) is 4.79 Å². The number of aromatic nitrogens is 6. The first-order chi connectivity index (χ1) is 13.6. The minimum Gasteiger partial charge on any atom is -0.369 e. The second kappa shape index (κ2) is 6.29. The molecule has 142 valence electrons. The van der Waals surface area contributed by atoms with E-state index in [0.29, 0.717) is 23.5 Å². The average molecular weight is 376 g/mol. The topological polar surface area (TPSA) is 116 Å². The van der Waals surface area contributed by atoms with Crippen molar-refractivity contribution in [1.82, 2.24) is 29.4 Å². The maximum atomic E-state index is 11.4. The van der Waals surface area contributed by atoms with Crippen molar-refractivity contribution in [3.63, 3.8) is 0 Å². The van der Waals surface area contributed by atoms with Crippen LogP contribution in [0.4, 0.5) is 5.95 Å². The van der Waals surface area contributed by atoms with Gasteiger partial charge in [0.15, 0.2) is 11.2 Å². The molecule has 1 saturated carbocycles. The van der Waals surface area contributed by atoms with E-state index in [2.05, 4.69) is 49.2 Å². The zero-order valence-electron chi connectivity index (χ0n) is 15.4. The number of fused-ring (bicyclic) bond motifs is 2. The molecule has 4 aromatic heterocycles. The van der Waals surface area contributed by atoms with Crippen LogP contribution in [0.3, 0.4) is 0 Å². The van der Waals surface area contributed by atoms with Crippen LogP contribution in [0.1, 0.15) is 24.8 Å². The molecule has 9 nitrogen and oxygen atoms in total. The molecular weight excluding hydrogens is 356 g/mol. The Bertz CT molecular complexity index is 1190. The number of nitrogens with one attached hydrogen (secondary N) is 1. The first-order valence-electron chi connectivity index (χ1n) is 9.30. The Morgan fingerprint density at radius 3 is 3.00 bits per heavy atom. The molecule has 0 unspecified atom stereocenters. The van der Waals surface area contributed by atoms with Crippen LogP contribution in [0.2, 0.25) is 0 Å². The van der Waals surface area contributed by atoms with Gasteiger partial charge >= 0.3 is 0 Å². The van der Waals surface area contributed by atoms with Gasteiger partial charge in [-0.15, -0.1) is 5.10 Å². The fraction of sp³-hybridized carbons (Fsp3) is 0.316. The molecule has 0 spiro atoms. The molecule has 0 aliphatic heterocycles. The second-order valence-corrected chi connectivity index (χ2v) is 7.39. The molecule has 5 rings (SSSR count). The largest absolute Gasteiger partial charge is 0.369 e. The molecule has 4 aromatic rings. The minimum absolute atomic E-state index is 0.0785.